The van der Waals surface area contributed by atoms with Gasteiger partial charge >= 0.3 is 0 Å². The highest BCUT2D eigenvalue weighted by molar-refractivity contribution is 7.99. The maximum Gasteiger partial charge on any atom is 0.262 e. The molecule has 0 saturated carbocycles. The lowest BCUT2D eigenvalue weighted by Gasteiger charge is -2.10. The molecule has 0 fully saturated rings. The van der Waals surface area contributed by atoms with Crippen molar-refractivity contribution in [2.24, 2.45) is 0 Å². The second kappa shape index (κ2) is 10.0. The second-order valence-corrected chi connectivity index (χ2v) is 9.51. The zero-order valence-corrected chi connectivity index (χ0v) is 20.1. The van der Waals surface area contributed by atoms with Crippen LogP contribution in [0.1, 0.15) is 13.3 Å². The molecule has 6 nitrogen and oxygen atoms in total. The van der Waals surface area contributed by atoms with Gasteiger partial charge in [0.25, 0.3) is 5.56 Å². The van der Waals surface area contributed by atoms with E-state index in [0.29, 0.717) is 49.2 Å². The van der Waals surface area contributed by atoms with Crippen LogP contribution in [0.2, 0.25) is 10.0 Å². The lowest BCUT2D eigenvalue weighted by Crippen LogP contribution is -2.22. The number of benzene rings is 2. The fraction of sp³-hybridized carbons (Fsp3) is 0.182. The summed E-state index contributed by atoms with van der Waals surface area (Å²) >= 11 is 14.8. The Morgan fingerprint density at radius 1 is 1.16 bits per heavy atom. The highest BCUT2D eigenvalue weighted by atomic mass is 35.5. The van der Waals surface area contributed by atoms with Crippen molar-refractivity contribution in [2.45, 2.75) is 25.0 Å². The molecule has 32 heavy (non-hydrogen) atoms. The van der Waals surface area contributed by atoms with Gasteiger partial charge in [0.2, 0.25) is 5.91 Å². The number of carbonyl (C=O) groups excluding carboxylic acids is 1. The molecule has 4 rings (SSSR count). The zero-order valence-electron chi connectivity index (χ0n) is 17.0. The van der Waals surface area contributed by atoms with Gasteiger partial charge in [-0.3, -0.25) is 14.2 Å². The molecule has 0 radical (unpaired) electrons. The minimum Gasteiger partial charge on any atom is -0.302 e. The minimum atomic E-state index is -0.154. The van der Waals surface area contributed by atoms with E-state index < -0.39 is 0 Å². The molecule has 2 heterocycles. The first-order valence-electron chi connectivity index (χ1n) is 9.79. The first kappa shape index (κ1) is 22.8. The van der Waals surface area contributed by atoms with Gasteiger partial charge in [0.1, 0.15) is 0 Å². The largest absolute Gasteiger partial charge is 0.302 e. The number of anilines is 1. The Hall–Kier alpha value is -2.39. The summed E-state index contributed by atoms with van der Waals surface area (Å²) < 4.78 is 1.63. The van der Waals surface area contributed by atoms with Gasteiger partial charge in [0.05, 0.1) is 26.6 Å². The van der Waals surface area contributed by atoms with Crippen LogP contribution in [0.4, 0.5) is 5.13 Å². The summed E-state index contributed by atoms with van der Waals surface area (Å²) in [7, 11) is 0. The molecule has 1 amide bonds. The summed E-state index contributed by atoms with van der Waals surface area (Å²) in [6.07, 6.45) is 0.263. The predicted molar refractivity (Wildman–Crippen MR) is 133 cm³/mol. The standard InChI is InChI=1S/C22H18Cl2N4O2S2/c1-2-28-20(30)14-5-3-4-6-17(14)26-22(28)31-10-9-19(29)27-21-25-18(12-32-21)13-7-8-15(23)16(24)11-13/h3-8,11-12H,2,9-10H2,1H3,(H,25,27,29). The number of aromatic nitrogens is 3. The molecule has 2 aromatic carbocycles. The molecule has 2 aromatic heterocycles. The summed E-state index contributed by atoms with van der Waals surface area (Å²) in [6.45, 7) is 2.42. The summed E-state index contributed by atoms with van der Waals surface area (Å²) in [6, 6.07) is 12.6. The molecule has 0 aliphatic carbocycles. The fourth-order valence-corrected chi connectivity index (χ4v) is 5.11. The van der Waals surface area contributed by atoms with Gasteiger partial charge in [-0.1, -0.05) is 53.2 Å². The zero-order chi connectivity index (χ0) is 22.7. The molecular weight excluding hydrogens is 487 g/mol. The molecule has 0 atom stereocenters. The fourth-order valence-electron chi connectivity index (χ4n) is 3.07. The number of nitrogens with zero attached hydrogens (tertiary/aromatic N) is 3. The Balaban J connectivity index is 1.38. The smallest absolute Gasteiger partial charge is 0.262 e. The highest BCUT2D eigenvalue weighted by Crippen LogP contribution is 2.30. The van der Waals surface area contributed by atoms with Gasteiger partial charge in [-0.25, -0.2) is 9.97 Å². The van der Waals surface area contributed by atoms with E-state index in [0.717, 1.165) is 5.56 Å². The van der Waals surface area contributed by atoms with E-state index in [2.05, 4.69) is 15.3 Å². The SMILES string of the molecule is CCn1c(SCCC(=O)Nc2nc(-c3ccc(Cl)c(Cl)c3)cs2)nc2ccccc2c1=O. The third-order valence-corrected chi connectivity index (χ3v) is 7.14. The molecule has 0 aliphatic rings. The Morgan fingerprint density at radius 2 is 1.97 bits per heavy atom. The number of thiazole rings is 1. The summed E-state index contributed by atoms with van der Waals surface area (Å²) in [5.41, 5.74) is 2.13. The van der Waals surface area contributed by atoms with Crippen LogP contribution in [-0.2, 0) is 11.3 Å². The predicted octanol–water partition coefficient (Wildman–Crippen LogP) is 5.97. The molecule has 4 aromatic rings. The van der Waals surface area contributed by atoms with Crippen molar-refractivity contribution in [2.75, 3.05) is 11.1 Å². The lowest BCUT2D eigenvalue weighted by atomic mass is 10.2. The van der Waals surface area contributed by atoms with E-state index in [1.54, 1.807) is 22.8 Å². The molecular formula is C22H18Cl2N4O2S2. The summed E-state index contributed by atoms with van der Waals surface area (Å²) in [4.78, 5) is 34.1. The lowest BCUT2D eigenvalue weighted by molar-refractivity contribution is -0.115. The molecule has 0 unspecified atom stereocenters. The van der Waals surface area contributed by atoms with Crippen molar-refractivity contribution in [3.8, 4) is 11.3 Å². The number of rotatable bonds is 7. The van der Waals surface area contributed by atoms with Crippen molar-refractivity contribution in [3.63, 3.8) is 0 Å². The van der Waals surface area contributed by atoms with Crippen LogP contribution in [-0.4, -0.2) is 26.2 Å². The van der Waals surface area contributed by atoms with Crippen LogP contribution in [0, 0.1) is 0 Å². The quantitative estimate of drug-likeness (QED) is 0.248. The number of fused-ring (bicyclic) bond motifs is 1. The Bertz CT molecular complexity index is 1350. The van der Waals surface area contributed by atoms with Crippen LogP contribution in [0.5, 0.6) is 0 Å². The number of nitrogens with one attached hydrogen (secondary N) is 1. The van der Waals surface area contributed by atoms with E-state index >= 15 is 0 Å². The van der Waals surface area contributed by atoms with Crippen molar-refractivity contribution in [3.05, 3.63) is 68.2 Å². The van der Waals surface area contributed by atoms with Crippen LogP contribution < -0.4 is 10.9 Å². The Labute approximate surface area is 202 Å². The molecule has 0 saturated heterocycles. The van der Waals surface area contributed by atoms with Gasteiger partial charge in [-0.05, 0) is 31.2 Å². The van der Waals surface area contributed by atoms with E-state index in [-0.39, 0.29) is 17.9 Å². The van der Waals surface area contributed by atoms with E-state index in [9.17, 15) is 9.59 Å². The monoisotopic (exact) mass is 504 g/mol. The second-order valence-electron chi connectivity index (χ2n) is 6.77. The van der Waals surface area contributed by atoms with Gasteiger partial charge in [0, 0.05) is 29.7 Å². The van der Waals surface area contributed by atoms with E-state index in [4.69, 9.17) is 23.2 Å². The minimum absolute atomic E-state index is 0.0670. The number of amides is 1. The molecule has 0 bridgehead atoms. The third-order valence-electron chi connectivity index (χ3n) is 4.67. The van der Waals surface area contributed by atoms with Crippen molar-refractivity contribution >= 4 is 68.2 Å². The van der Waals surface area contributed by atoms with Crippen LogP contribution in [0.15, 0.2) is 57.8 Å². The number of halogens is 2. The maximum atomic E-state index is 12.7. The summed E-state index contributed by atoms with van der Waals surface area (Å²) in [5.74, 6) is 0.334. The van der Waals surface area contributed by atoms with Crippen molar-refractivity contribution in [1.29, 1.82) is 0 Å². The van der Waals surface area contributed by atoms with Crippen LogP contribution in [0.25, 0.3) is 22.2 Å². The molecule has 0 spiro atoms. The van der Waals surface area contributed by atoms with Crippen molar-refractivity contribution in [1.82, 2.24) is 14.5 Å². The normalized spacial score (nSPS) is 11.1. The van der Waals surface area contributed by atoms with Gasteiger partial charge in [-0.2, -0.15) is 0 Å². The maximum absolute atomic E-state index is 12.7. The van der Waals surface area contributed by atoms with Crippen molar-refractivity contribution < 1.29 is 4.79 Å². The number of thioether (sulfide) groups is 1. The first-order chi connectivity index (χ1) is 15.5. The molecule has 0 aliphatic heterocycles. The number of hydrogen-bond acceptors (Lipinski definition) is 6. The van der Waals surface area contributed by atoms with Crippen LogP contribution in [0.3, 0.4) is 0 Å². The van der Waals surface area contributed by atoms with E-state index in [1.165, 1.54) is 23.1 Å². The topological polar surface area (TPSA) is 76.9 Å². The first-order valence-corrected chi connectivity index (χ1v) is 12.4. The number of para-hydroxylation sites is 1. The van der Waals surface area contributed by atoms with E-state index in [1.807, 2.05) is 36.6 Å². The van der Waals surface area contributed by atoms with Crippen LogP contribution >= 0.6 is 46.3 Å². The van der Waals surface area contributed by atoms with Gasteiger partial charge in [-0.15, -0.1) is 11.3 Å². The highest BCUT2D eigenvalue weighted by Gasteiger charge is 2.13. The molecule has 1 N–H and O–H groups in total. The number of hydrogen-bond donors (Lipinski definition) is 1. The number of carbonyl (C=O) groups is 1. The van der Waals surface area contributed by atoms with Gasteiger partial charge in [0.15, 0.2) is 10.3 Å². The third kappa shape index (κ3) is 4.99. The molecule has 10 heteroatoms. The Kier molecular flexibility index (Phi) is 7.15. The Morgan fingerprint density at radius 3 is 2.75 bits per heavy atom. The summed E-state index contributed by atoms with van der Waals surface area (Å²) in [5, 5.41) is 7.32. The molecule has 164 valence electrons. The van der Waals surface area contributed by atoms with Gasteiger partial charge < -0.3 is 5.32 Å². The average Bonchev–Trinajstić information content (AvgIpc) is 3.24. The average molecular weight is 505 g/mol.